The molecule has 0 radical (unpaired) electrons. The van der Waals surface area contributed by atoms with Gasteiger partial charge in [0.15, 0.2) is 5.82 Å². The third-order valence-electron chi connectivity index (χ3n) is 2.20. The number of nitrogens with zero attached hydrogens (tertiary/aromatic N) is 2. The van der Waals surface area contributed by atoms with Crippen molar-refractivity contribution in [2.24, 2.45) is 0 Å². The molecule has 0 aliphatic heterocycles. The van der Waals surface area contributed by atoms with E-state index in [0.29, 0.717) is 31.5 Å². The van der Waals surface area contributed by atoms with Crippen molar-refractivity contribution in [3.63, 3.8) is 0 Å². The van der Waals surface area contributed by atoms with Gasteiger partial charge in [0, 0.05) is 19.7 Å². The Bertz CT molecular complexity index is 369. The highest BCUT2D eigenvalue weighted by Crippen LogP contribution is 2.14. The summed E-state index contributed by atoms with van der Waals surface area (Å²) in [5.41, 5.74) is 0. The van der Waals surface area contributed by atoms with Crippen molar-refractivity contribution >= 4 is 5.82 Å². The molecule has 0 fully saturated rings. The first kappa shape index (κ1) is 14.4. The van der Waals surface area contributed by atoms with Gasteiger partial charge in [-0.15, -0.1) is 6.58 Å². The number of methoxy groups -OCH3 is 1. The lowest BCUT2D eigenvalue weighted by molar-refractivity contribution is 0.176. The van der Waals surface area contributed by atoms with Gasteiger partial charge in [-0.3, -0.25) is 0 Å². The first-order valence-electron chi connectivity index (χ1n) is 6.14. The smallest absolute Gasteiger partial charge is 0.218 e. The minimum Gasteiger partial charge on any atom is -0.478 e. The number of anilines is 1. The van der Waals surface area contributed by atoms with Crippen LogP contribution in [0.5, 0.6) is 5.88 Å². The summed E-state index contributed by atoms with van der Waals surface area (Å²) < 4.78 is 10.6. The van der Waals surface area contributed by atoms with Crippen molar-refractivity contribution < 1.29 is 9.47 Å². The summed E-state index contributed by atoms with van der Waals surface area (Å²) in [6.07, 6.45) is 3.88. The molecule has 0 saturated carbocycles. The van der Waals surface area contributed by atoms with Crippen LogP contribution < -0.4 is 10.1 Å². The lowest BCUT2D eigenvalue weighted by Crippen LogP contribution is -2.07. The molecule has 1 heterocycles. The summed E-state index contributed by atoms with van der Waals surface area (Å²) in [4.78, 5) is 8.59. The van der Waals surface area contributed by atoms with Crippen molar-refractivity contribution in [1.29, 1.82) is 0 Å². The van der Waals surface area contributed by atoms with E-state index in [1.165, 1.54) is 0 Å². The molecule has 100 valence electrons. The van der Waals surface area contributed by atoms with Gasteiger partial charge in [-0.05, 0) is 6.42 Å². The number of ether oxygens (including phenoxy) is 2. The third kappa shape index (κ3) is 5.14. The molecular weight excluding hydrogens is 230 g/mol. The van der Waals surface area contributed by atoms with E-state index in [1.54, 1.807) is 19.3 Å². The topological polar surface area (TPSA) is 56.3 Å². The molecular formula is C13H21N3O2. The van der Waals surface area contributed by atoms with Crippen molar-refractivity contribution in [1.82, 2.24) is 9.97 Å². The van der Waals surface area contributed by atoms with Gasteiger partial charge in [0.1, 0.15) is 12.4 Å². The standard InChI is InChI=1S/C13H21N3O2/c1-4-6-8-18-13-9-11(14-7-5-2)15-12(16-13)10-17-3/h5,9H,2,4,6-8,10H2,1,3H3,(H,14,15,16). The van der Waals surface area contributed by atoms with Crippen LogP contribution in [0.1, 0.15) is 25.6 Å². The average molecular weight is 251 g/mol. The lowest BCUT2D eigenvalue weighted by Gasteiger charge is -2.09. The fourth-order valence-electron chi connectivity index (χ4n) is 1.33. The Morgan fingerprint density at radius 3 is 2.94 bits per heavy atom. The van der Waals surface area contributed by atoms with Crippen LogP contribution in [-0.2, 0) is 11.3 Å². The van der Waals surface area contributed by atoms with Crippen molar-refractivity contribution in [2.45, 2.75) is 26.4 Å². The van der Waals surface area contributed by atoms with E-state index in [1.807, 2.05) is 0 Å². The number of hydrogen-bond donors (Lipinski definition) is 1. The van der Waals surface area contributed by atoms with Crippen molar-refractivity contribution in [2.75, 3.05) is 25.6 Å². The quantitative estimate of drug-likeness (QED) is 0.539. The Morgan fingerprint density at radius 1 is 1.44 bits per heavy atom. The van der Waals surface area contributed by atoms with Crippen molar-refractivity contribution in [3.8, 4) is 5.88 Å². The highest BCUT2D eigenvalue weighted by Gasteiger charge is 2.05. The molecule has 0 spiro atoms. The highest BCUT2D eigenvalue weighted by molar-refractivity contribution is 5.38. The largest absolute Gasteiger partial charge is 0.478 e. The summed E-state index contributed by atoms with van der Waals surface area (Å²) in [5, 5.41) is 3.12. The Labute approximate surface area is 108 Å². The molecule has 0 amide bonds. The molecule has 0 atom stereocenters. The molecule has 0 aliphatic rings. The van der Waals surface area contributed by atoms with E-state index < -0.39 is 0 Å². The van der Waals surface area contributed by atoms with Gasteiger partial charge in [-0.1, -0.05) is 19.4 Å². The molecule has 0 saturated heterocycles. The van der Waals surface area contributed by atoms with Gasteiger partial charge in [-0.2, -0.15) is 4.98 Å². The molecule has 18 heavy (non-hydrogen) atoms. The molecule has 1 rings (SSSR count). The van der Waals surface area contributed by atoms with Gasteiger partial charge >= 0.3 is 0 Å². The molecule has 1 aromatic heterocycles. The van der Waals surface area contributed by atoms with Crippen LogP contribution in [0.25, 0.3) is 0 Å². The highest BCUT2D eigenvalue weighted by atomic mass is 16.5. The second-order valence-corrected chi connectivity index (χ2v) is 3.81. The van der Waals surface area contributed by atoms with Crippen LogP contribution >= 0.6 is 0 Å². The average Bonchev–Trinajstić information content (AvgIpc) is 2.37. The van der Waals surface area contributed by atoms with E-state index in [9.17, 15) is 0 Å². The molecule has 0 aliphatic carbocycles. The summed E-state index contributed by atoms with van der Waals surface area (Å²) in [6.45, 7) is 7.46. The van der Waals surface area contributed by atoms with E-state index >= 15 is 0 Å². The zero-order valence-corrected chi connectivity index (χ0v) is 11.1. The Kier molecular flexibility index (Phi) is 6.79. The summed E-state index contributed by atoms with van der Waals surface area (Å²) in [6, 6.07) is 1.79. The maximum Gasteiger partial charge on any atom is 0.218 e. The molecule has 1 N–H and O–H groups in total. The van der Waals surface area contributed by atoms with Crippen LogP contribution in [0.4, 0.5) is 5.82 Å². The number of rotatable bonds is 9. The monoisotopic (exact) mass is 251 g/mol. The van der Waals surface area contributed by atoms with E-state index in [2.05, 4.69) is 28.8 Å². The minimum absolute atomic E-state index is 0.369. The first-order chi connectivity index (χ1) is 8.80. The van der Waals surface area contributed by atoms with Gasteiger partial charge in [0.05, 0.1) is 6.61 Å². The predicted octanol–water partition coefficient (Wildman–Crippen LogP) is 2.40. The summed E-state index contributed by atoms with van der Waals surface area (Å²) in [5.74, 6) is 1.92. The number of aromatic nitrogens is 2. The van der Waals surface area contributed by atoms with Crippen LogP contribution in [-0.4, -0.2) is 30.2 Å². The third-order valence-corrected chi connectivity index (χ3v) is 2.20. The van der Waals surface area contributed by atoms with Gasteiger partial charge in [-0.25, -0.2) is 4.98 Å². The zero-order valence-electron chi connectivity index (χ0n) is 11.1. The summed E-state index contributed by atoms with van der Waals surface area (Å²) >= 11 is 0. The van der Waals surface area contributed by atoms with E-state index in [-0.39, 0.29) is 0 Å². The lowest BCUT2D eigenvalue weighted by atomic mass is 10.4. The Balaban J connectivity index is 2.73. The van der Waals surface area contributed by atoms with Gasteiger partial charge < -0.3 is 14.8 Å². The fourth-order valence-corrected chi connectivity index (χ4v) is 1.33. The summed E-state index contributed by atoms with van der Waals surface area (Å²) in [7, 11) is 1.62. The first-order valence-corrected chi connectivity index (χ1v) is 6.14. The van der Waals surface area contributed by atoms with E-state index in [0.717, 1.165) is 18.7 Å². The van der Waals surface area contributed by atoms with Crippen molar-refractivity contribution in [3.05, 3.63) is 24.5 Å². The SMILES string of the molecule is C=CCNc1cc(OCCCC)nc(COC)n1. The predicted molar refractivity (Wildman–Crippen MR) is 71.8 cm³/mol. The second kappa shape index (κ2) is 8.47. The molecule has 0 aromatic carbocycles. The molecule has 5 nitrogen and oxygen atoms in total. The van der Waals surface area contributed by atoms with Crippen LogP contribution in [0.3, 0.4) is 0 Å². The fraction of sp³-hybridized carbons (Fsp3) is 0.538. The maximum absolute atomic E-state index is 5.58. The Hall–Kier alpha value is -1.62. The zero-order chi connectivity index (χ0) is 13.2. The normalized spacial score (nSPS) is 10.1. The molecule has 0 bridgehead atoms. The number of unbranched alkanes of at least 4 members (excludes halogenated alkanes) is 1. The number of hydrogen-bond acceptors (Lipinski definition) is 5. The Morgan fingerprint density at radius 2 is 2.28 bits per heavy atom. The van der Waals surface area contributed by atoms with Crippen LogP contribution in [0.2, 0.25) is 0 Å². The van der Waals surface area contributed by atoms with Gasteiger partial charge in [0.25, 0.3) is 0 Å². The van der Waals surface area contributed by atoms with Crippen LogP contribution in [0, 0.1) is 0 Å². The maximum atomic E-state index is 5.58. The molecule has 0 unspecified atom stereocenters. The second-order valence-electron chi connectivity index (χ2n) is 3.81. The van der Waals surface area contributed by atoms with Crippen LogP contribution in [0.15, 0.2) is 18.7 Å². The van der Waals surface area contributed by atoms with E-state index in [4.69, 9.17) is 9.47 Å². The molecule has 5 heteroatoms. The van der Waals surface area contributed by atoms with Gasteiger partial charge in [0.2, 0.25) is 5.88 Å². The minimum atomic E-state index is 0.369. The number of nitrogens with one attached hydrogen (secondary N) is 1. The molecule has 1 aromatic rings.